The highest BCUT2D eigenvalue weighted by Gasteiger charge is 2.31. The summed E-state index contributed by atoms with van der Waals surface area (Å²) in [5.74, 6) is 1.04. The molecule has 0 amide bonds. The molecule has 102 valence electrons. The van der Waals surface area contributed by atoms with Gasteiger partial charge in [-0.2, -0.15) is 10.2 Å². The van der Waals surface area contributed by atoms with E-state index < -0.39 is 0 Å². The van der Waals surface area contributed by atoms with Gasteiger partial charge in [-0.1, -0.05) is 12.1 Å². The third-order valence-electron chi connectivity index (χ3n) is 3.67. The summed E-state index contributed by atoms with van der Waals surface area (Å²) < 4.78 is 7.27. The lowest BCUT2D eigenvalue weighted by atomic mass is 9.96. The summed E-state index contributed by atoms with van der Waals surface area (Å²) in [5, 5.41) is 13.1. The van der Waals surface area contributed by atoms with E-state index in [4.69, 9.17) is 15.7 Å². The van der Waals surface area contributed by atoms with Crippen LogP contribution in [0.4, 0.5) is 5.95 Å². The zero-order chi connectivity index (χ0) is 14.1. The molecule has 2 atom stereocenters. The summed E-state index contributed by atoms with van der Waals surface area (Å²) in [7, 11) is 1.67. The molecule has 0 radical (unpaired) electrons. The van der Waals surface area contributed by atoms with Crippen LogP contribution in [0.25, 0.3) is 0 Å². The molecule has 1 aliphatic heterocycles. The van der Waals surface area contributed by atoms with Crippen molar-refractivity contribution in [2.24, 2.45) is 0 Å². The maximum atomic E-state index is 8.86. The Kier molecular flexibility index (Phi) is 3.12. The Bertz CT molecular complexity index is 655. The van der Waals surface area contributed by atoms with E-state index in [0.717, 1.165) is 24.2 Å². The first-order valence-electron chi connectivity index (χ1n) is 6.47. The molecule has 0 fully saturated rings. The number of hydrogen-bond acceptors (Lipinski definition) is 5. The summed E-state index contributed by atoms with van der Waals surface area (Å²) in [5.41, 5.74) is 7.47. The normalized spacial score (nSPS) is 21.2. The molecule has 20 heavy (non-hydrogen) atoms. The van der Waals surface area contributed by atoms with E-state index >= 15 is 0 Å². The molecule has 1 aliphatic rings. The minimum Gasteiger partial charge on any atom is -0.373 e. The number of nitrogen functional groups attached to an aromatic ring is 1. The first kappa shape index (κ1) is 12.6. The van der Waals surface area contributed by atoms with E-state index in [-0.39, 0.29) is 18.1 Å². The first-order chi connectivity index (χ1) is 9.72. The Morgan fingerprint density at radius 3 is 2.75 bits per heavy atom. The van der Waals surface area contributed by atoms with Crippen molar-refractivity contribution in [3.63, 3.8) is 0 Å². The number of anilines is 1. The van der Waals surface area contributed by atoms with Gasteiger partial charge in [-0.05, 0) is 30.5 Å². The largest absolute Gasteiger partial charge is 0.373 e. The third kappa shape index (κ3) is 2.02. The van der Waals surface area contributed by atoms with Crippen LogP contribution in [-0.4, -0.2) is 21.9 Å². The fourth-order valence-electron chi connectivity index (χ4n) is 2.67. The number of nitrogens with two attached hydrogens (primary N) is 1. The van der Waals surface area contributed by atoms with Crippen molar-refractivity contribution in [1.29, 1.82) is 5.26 Å². The molecule has 6 heteroatoms. The summed E-state index contributed by atoms with van der Waals surface area (Å²) in [6, 6.07) is 9.76. The topological polar surface area (TPSA) is 89.8 Å². The number of hydrogen-bond donors (Lipinski definition) is 1. The molecule has 2 heterocycles. The third-order valence-corrected chi connectivity index (χ3v) is 3.67. The summed E-state index contributed by atoms with van der Waals surface area (Å²) >= 11 is 0. The van der Waals surface area contributed by atoms with Gasteiger partial charge in [0.15, 0.2) is 5.82 Å². The van der Waals surface area contributed by atoms with Crippen molar-refractivity contribution in [1.82, 2.24) is 14.8 Å². The van der Waals surface area contributed by atoms with Crippen LogP contribution in [0.1, 0.15) is 41.9 Å². The Balaban J connectivity index is 2.00. The molecule has 3 rings (SSSR count). The summed E-state index contributed by atoms with van der Waals surface area (Å²) in [6.07, 6.45) is 1.72. The van der Waals surface area contributed by atoms with Crippen molar-refractivity contribution in [3.8, 4) is 6.07 Å². The van der Waals surface area contributed by atoms with Gasteiger partial charge in [0.2, 0.25) is 5.95 Å². The smallest absolute Gasteiger partial charge is 0.239 e. The van der Waals surface area contributed by atoms with Crippen LogP contribution >= 0.6 is 0 Å². The van der Waals surface area contributed by atoms with Gasteiger partial charge < -0.3 is 10.5 Å². The molecule has 1 aromatic heterocycles. The van der Waals surface area contributed by atoms with Crippen LogP contribution < -0.4 is 5.73 Å². The van der Waals surface area contributed by atoms with E-state index in [9.17, 15) is 0 Å². The lowest BCUT2D eigenvalue weighted by Crippen LogP contribution is -2.24. The standard InChI is InChI=1S/C14H15N5O/c1-20-12-7-6-11(19-13(12)17-14(16)18-19)10-4-2-9(8-15)3-5-10/h2-5,11-12H,6-7H2,1H3,(H2,16,18). The average molecular weight is 269 g/mol. The number of aromatic nitrogens is 3. The van der Waals surface area contributed by atoms with Crippen LogP contribution in [0.2, 0.25) is 0 Å². The number of rotatable bonds is 2. The van der Waals surface area contributed by atoms with Crippen molar-refractivity contribution < 1.29 is 4.74 Å². The Morgan fingerprint density at radius 2 is 2.10 bits per heavy atom. The molecule has 2 aromatic rings. The number of nitriles is 1. The second-order valence-corrected chi connectivity index (χ2v) is 4.82. The van der Waals surface area contributed by atoms with Gasteiger partial charge in [-0.25, -0.2) is 4.68 Å². The van der Waals surface area contributed by atoms with Gasteiger partial charge in [0.25, 0.3) is 0 Å². The van der Waals surface area contributed by atoms with Crippen molar-refractivity contribution in [2.75, 3.05) is 12.8 Å². The summed E-state index contributed by atoms with van der Waals surface area (Å²) in [4.78, 5) is 4.27. The average Bonchev–Trinajstić information content (AvgIpc) is 2.87. The highest BCUT2D eigenvalue weighted by Crippen LogP contribution is 2.36. The van der Waals surface area contributed by atoms with Crippen LogP contribution in [0, 0.1) is 11.3 Å². The SMILES string of the molecule is COC1CCC(c2ccc(C#N)cc2)n2nc(N)nc21. The predicted octanol–water partition coefficient (Wildman–Crippen LogP) is 1.80. The number of fused-ring (bicyclic) bond motifs is 1. The van der Waals surface area contributed by atoms with Crippen molar-refractivity contribution in [3.05, 3.63) is 41.2 Å². The summed E-state index contributed by atoms with van der Waals surface area (Å²) in [6.45, 7) is 0. The van der Waals surface area contributed by atoms with Crippen molar-refractivity contribution >= 4 is 5.95 Å². The Hall–Kier alpha value is -2.39. The number of benzene rings is 1. The maximum absolute atomic E-state index is 8.86. The monoisotopic (exact) mass is 269 g/mol. The van der Waals surface area contributed by atoms with Crippen LogP contribution in [0.15, 0.2) is 24.3 Å². The van der Waals surface area contributed by atoms with Gasteiger partial charge in [0, 0.05) is 7.11 Å². The maximum Gasteiger partial charge on any atom is 0.239 e. The Morgan fingerprint density at radius 1 is 1.35 bits per heavy atom. The van der Waals surface area contributed by atoms with Gasteiger partial charge >= 0.3 is 0 Å². The lowest BCUT2D eigenvalue weighted by molar-refractivity contribution is 0.0649. The zero-order valence-corrected chi connectivity index (χ0v) is 11.2. The molecule has 0 saturated heterocycles. The van der Waals surface area contributed by atoms with E-state index in [1.807, 2.05) is 28.9 Å². The predicted molar refractivity (Wildman–Crippen MR) is 72.7 cm³/mol. The molecular formula is C14H15N5O. The lowest BCUT2D eigenvalue weighted by Gasteiger charge is -2.28. The van der Waals surface area contributed by atoms with Crippen LogP contribution in [-0.2, 0) is 4.74 Å². The number of methoxy groups -OCH3 is 1. The molecule has 2 N–H and O–H groups in total. The molecular weight excluding hydrogens is 254 g/mol. The highest BCUT2D eigenvalue weighted by molar-refractivity contribution is 5.34. The van der Waals surface area contributed by atoms with E-state index in [0.29, 0.717) is 5.56 Å². The second kappa shape index (κ2) is 4.94. The van der Waals surface area contributed by atoms with E-state index in [1.165, 1.54) is 0 Å². The van der Waals surface area contributed by atoms with Crippen LogP contribution in [0.5, 0.6) is 0 Å². The molecule has 0 aliphatic carbocycles. The fourth-order valence-corrected chi connectivity index (χ4v) is 2.67. The Labute approximate surface area is 116 Å². The van der Waals surface area contributed by atoms with E-state index in [2.05, 4.69) is 16.2 Å². The minimum absolute atomic E-state index is 0.0607. The van der Waals surface area contributed by atoms with Gasteiger partial charge in [-0.15, -0.1) is 5.10 Å². The minimum atomic E-state index is -0.0607. The molecule has 0 bridgehead atoms. The molecule has 2 unspecified atom stereocenters. The van der Waals surface area contributed by atoms with Gasteiger partial charge in [0.1, 0.15) is 6.10 Å². The molecule has 0 spiro atoms. The first-order valence-corrected chi connectivity index (χ1v) is 6.47. The fraction of sp³-hybridized carbons (Fsp3) is 0.357. The van der Waals surface area contributed by atoms with Gasteiger partial charge in [-0.3, -0.25) is 0 Å². The number of nitrogens with zero attached hydrogens (tertiary/aromatic N) is 4. The number of ether oxygens (including phenoxy) is 1. The second-order valence-electron chi connectivity index (χ2n) is 4.82. The van der Waals surface area contributed by atoms with Gasteiger partial charge in [0.05, 0.1) is 17.7 Å². The molecule has 6 nitrogen and oxygen atoms in total. The highest BCUT2D eigenvalue weighted by atomic mass is 16.5. The zero-order valence-electron chi connectivity index (χ0n) is 11.2. The molecule has 1 aromatic carbocycles. The molecule has 0 saturated carbocycles. The van der Waals surface area contributed by atoms with Crippen molar-refractivity contribution in [2.45, 2.75) is 25.0 Å². The van der Waals surface area contributed by atoms with Crippen LogP contribution in [0.3, 0.4) is 0 Å². The van der Waals surface area contributed by atoms with E-state index in [1.54, 1.807) is 7.11 Å². The quantitative estimate of drug-likeness (QED) is 0.897.